The summed E-state index contributed by atoms with van der Waals surface area (Å²) in [4.78, 5) is 1.34. The van der Waals surface area contributed by atoms with Crippen molar-refractivity contribution in [3.8, 4) is 10.4 Å². The molecule has 2 aromatic heterocycles. The quantitative estimate of drug-likeness (QED) is 0.251. The zero-order valence-corrected chi connectivity index (χ0v) is 16.5. The minimum absolute atomic E-state index is 1.30. The average Bonchev–Trinajstić information content (AvgIpc) is 3.34. The van der Waals surface area contributed by atoms with Crippen molar-refractivity contribution >= 4 is 64.4 Å². The summed E-state index contributed by atoms with van der Waals surface area (Å²) in [6.07, 6.45) is 0. The van der Waals surface area contributed by atoms with Gasteiger partial charge in [-0.15, -0.1) is 22.7 Å². The van der Waals surface area contributed by atoms with Crippen LogP contribution in [0.2, 0.25) is 0 Å². The van der Waals surface area contributed by atoms with Crippen LogP contribution in [0.1, 0.15) is 5.56 Å². The van der Waals surface area contributed by atoms with Gasteiger partial charge in [-0.05, 0) is 51.5 Å². The molecule has 0 radical (unpaired) electrons. The molecular weight excluding hydrogens is 364 g/mol. The second-order valence-corrected chi connectivity index (χ2v) is 9.09. The number of hydrogen-bond donors (Lipinski definition) is 0. The second kappa shape index (κ2) is 5.66. The van der Waals surface area contributed by atoms with Crippen LogP contribution in [0.4, 0.5) is 0 Å². The first-order chi connectivity index (χ1) is 13.3. The number of rotatable bonds is 1. The van der Waals surface area contributed by atoms with Crippen LogP contribution in [0, 0.1) is 6.92 Å². The van der Waals surface area contributed by atoms with Crippen LogP contribution in [0.5, 0.6) is 0 Å². The molecule has 6 rings (SSSR count). The van der Waals surface area contributed by atoms with Gasteiger partial charge >= 0.3 is 0 Å². The van der Waals surface area contributed by atoms with Crippen molar-refractivity contribution in [2.75, 3.05) is 0 Å². The van der Waals surface area contributed by atoms with E-state index in [9.17, 15) is 0 Å². The molecule has 0 N–H and O–H groups in total. The average molecular weight is 381 g/mol. The maximum absolute atomic E-state index is 2.33. The Labute approximate surface area is 165 Å². The molecule has 27 heavy (non-hydrogen) atoms. The van der Waals surface area contributed by atoms with Gasteiger partial charge in [0.1, 0.15) is 0 Å². The molecule has 128 valence electrons. The van der Waals surface area contributed by atoms with Crippen LogP contribution in [0.25, 0.3) is 52.2 Å². The Bertz CT molecular complexity index is 1460. The van der Waals surface area contributed by atoms with Crippen LogP contribution in [0.15, 0.2) is 78.2 Å². The molecule has 2 heterocycles. The molecule has 4 aromatic carbocycles. The van der Waals surface area contributed by atoms with E-state index in [2.05, 4.69) is 85.1 Å². The third-order valence-electron chi connectivity index (χ3n) is 5.43. The predicted octanol–water partition coefficient (Wildman–Crippen LogP) is 8.40. The monoisotopic (exact) mass is 380 g/mol. The highest BCUT2D eigenvalue weighted by atomic mass is 32.1. The first-order valence-electron chi connectivity index (χ1n) is 9.10. The SMILES string of the molecule is Cc1ccc(-c2cc3ccc4c5ccc6ccsc6c5ccc4c3s2)cc1. The van der Waals surface area contributed by atoms with Gasteiger partial charge < -0.3 is 0 Å². The molecule has 6 aromatic rings. The maximum Gasteiger partial charge on any atom is 0.0428 e. The van der Waals surface area contributed by atoms with Gasteiger partial charge in [-0.1, -0.05) is 66.2 Å². The molecule has 0 nitrogen and oxygen atoms in total. The first-order valence-corrected chi connectivity index (χ1v) is 10.8. The minimum atomic E-state index is 1.30. The number of hydrogen-bond acceptors (Lipinski definition) is 2. The van der Waals surface area contributed by atoms with E-state index in [-0.39, 0.29) is 0 Å². The van der Waals surface area contributed by atoms with E-state index >= 15 is 0 Å². The predicted molar refractivity (Wildman–Crippen MR) is 122 cm³/mol. The summed E-state index contributed by atoms with van der Waals surface area (Å²) in [7, 11) is 0. The molecule has 0 aliphatic heterocycles. The van der Waals surface area contributed by atoms with E-state index in [0.29, 0.717) is 0 Å². The molecule has 0 aliphatic rings. The van der Waals surface area contributed by atoms with Crippen molar-refractivity contribution in [1.82, 2.24) is 0 Å². The smallest absolute Gasteiger partial charge is 0.0428 e. The Morgan fingerprint density at radius 2 is 1.26 bits per heavy atom. The Morgan fingerprint density at radius 1 is 0.593 bits per heavy atom. The molecule has 0 aliphatic carbocycles. The lowest BCUT2D eigenvalue weighted by molar-refractivity contribution is 1.48. The molecular formula is C25H16S2. The van der Waals surface area contributed by atoms with Gasteiger partial charge in [0.25, 0.3) is 0 Å². The van der Waals surface area contributed by atoms with Gasteiger partial charge in [0, 0.05) is 25.0 Å². The van der Waals surface area contributed by atoms with E-state index in [0.717, 1.165) is 0 Å². The standard InChI is InChI=1S/C25H16S2/c1-15-2-4-16(5-3-15)23-14-18-7-9-20-19-8-6-17-12-13-26-24(17)21(19)10-11-22(20)25(18)27-23/h2-14H,1H3. The summed E-state index contributed by atoms with van der Waals surface area (Å²) in [5, 5.41) is 10.3. The lowest BCUT2D eigenvalue weighted by atomic mass is 10.00. The first kappa shape index (κ1) is 15.4. The summed E-state index contributed by atoms with van der Waals surface area (Å²) >= 11 is 3.74. The second-order valence-electron chi connectivity index (χ2n) is 7.12. The van der Waals surface area contributed by atoms with Crippen molar-refractivity contribution < 1.29 is 0 Å². The number of aryl methyl sites for hydroxylation is 1. The fraction of sp³-hybridized carbons (Fsp3) is 0.0400. The molecule has 0 spiro atoms. The number of thiophene rings is 2. The van der Waals surface area contributed by atoms with E-state index in [1.165, 1.54) is 57.7 Å². The van der Waals surface area contributed by atoms with Gasteiger partial charge in [0.05, 0.1) is 0 Å². The Kier molecular flexibility index (Phi) is 3.22. The summed E-state index contributed by atoms with van der Waals surface area (Å²) in [5.74, 6) is 0. The minimum Gasteiger partial charge on any atom is -0.143 e. The van der Waals surface area contributed by atoms with Gasteiger partial charge in [-0.3, -0.25) is 0 Å². The van der Waals surface area contributed by atoms with Gasteiger partial charge in [-0.25, -0.2) is 0 Å². The van der Waals surface area contributed by atoms with E-state index in [4.69, 9.17) is 0 Å². The maximum atomic E-state index is 2.33. The van der Waals surface area contributed by atoms with Gasteiger partial charge in [0.15, 0.2) is 0 Å². The summed E-state index contributed by atoms with van der Waals surface area (Å²) in [5.41, 5.74) is 2.60. The van der Waals surface area contributed by atoms with Crippen LogP contribution in [-0.4, -0.2) is 0 Å². The van der Waals surface area contributed by atoms with E-state index in [1.54, 1.807) is 0 Å². The topological polar surface area (TPSA) is 0 Å². The number of benzene rings is 4. The van der Waals surface area contributed by atoms with Crippen LogP contribution < -0.4 is 0 Å². The molecule has 0 saturated carbocycles. The van der Waals surface area contributed by atoms with Gasteiger partial charge in [-0.2, -0.15) is 0 Å². The van der Waals surface area contributed by atoms with Crippen molar-refractivity contribution in [3.63, 3.8) is 0 Å². The van der Waals surface area contributed by atoms with Crippen molar-refractivity contribution in [2.45, 2.75) is 6.92 Å². The van der Waals surface area contributed by atoms with Crippen LogP contribution >= 0.6 is 22.7 Å². The third kappa shape index (κ3) is 2.27. The molecule has 0 fully saturated rings. The summed E-state index contributed by atoms with van der Waals surface area (Å²) < 4.78 is 2.78. The molecule has 0 amide bonds. The zero-order chi connectivity index (χ0) is 18.0. The summed E-state index contributed by atoms with van der Waals surface area (Å²) in [6, 6.07) is 27.1. The fourth-order valence-corrected chi connectivity index (χ4v) is 6.13. The lowest BCUT2D eigenvalue weighted by Gasteiger charge is -2.06. The van der Waals surface area contributed by atoms with Crippen LogP contribution in [-0.2, 0) is 0 Å². The van der Waals surface area contributed by atoms with E-state index < -0.39 is 0 Å². The lowest BCUT2D eigenvalue weighted by Crippen LogP contribution is -1.78. The highest BCUT2D eigenvalue weighted by Crippen LogP contribution is 2.41. The van der Waals surface area contributed by atoms with Crippen molar-refractivity contribution in [2.24, 2.45) is 0 Å². The largest absolute Gasteiger partial charge is 0.143 e. The third-order valence-corrected chi connectivity index (χ3v) is 7.62. The Hall–Kier alpha value is -2.68. The Balaban J connectivity index is 1.66. The van der Waals surface area contributed by atoms with Crippen molar-refractivity contribution in [1.29, 1.82) is 0 Å². The molecule has 0 saturated heterocycles. The van der Waals surface area contributed by atoms with Crippen LogP contribution in [0.3, 0.4) is 0 Å². The molecule has 0 atom stereocenters. The molecule has 0 unspecified atom stereocenters. The highest BCUT2D eigenvalue weighted by molar-refractivity contribution is 7.23. The van der Waals surface area contributed by atoms with Gasteiger partial charge in [0.2, 0.25) is 0 Å². The number of fused-ring (bicyclic) bond motifs is 7. The fourth-order valence-electron chi connectivity index (χ4n) is 4.01. The Morgan fingerprint density at radius 3 is 2.04 bits per heavy atom. The zero-order valence-electron chi connectivity index (χ0n) is 14.8. The van der Waals surface area contributed by atoms with Crippen molar-refractivity contribution in [3.05, 3.63) is 83.7 Å². The molecule has 2 heteroatoms. The molecule has 0 bridgehead atoms. The van der Waals surface area contributed by atoms with E-state index in [1.807, 2.05) is 22.7 Å². The highest BCUT2D eigenvalue weighted by Gasteiger charge is 2.11. The summed E-state index contributed by atoms with van der Waals surface area (Å²) in [6.45, 7) is 2.14. The normalized spacial score (nSPS) is 11.9.